The summed E-state index contributed by atoms with van der Waals surface area (Å²) in [7, 11) is 0. The average molecular weight is 410 g/mol. The molecule has 21 heavy (non-hydrogen) atoms. The number of alkyl halides is 3. The molecule has 0 fully saturated rings. The van der Waals surface area contributed by atoms with Crippen LogP contribution in [-0.2, 0) is 6.18 Å². The smallest absolute Gasteiger partial charge is 0.397 e. The Labute approximate surface area is 132 Å². The van der Waals surface area contributed by atoms with E-state index in [0.29, 0.717) is 9.13 Å². The molecule has 0 amide bonds. The topological polar surface area (TPSA) is 38.0 Å². The van der Waals surface area contributed by atoms with Crippen molar-refractivity contribution in [3.8, 4) is 0 Å². The van der Waals surface area contributed by atoms with E-state index < -0.39 is 17.6 Å². The van der Waals surface area contributed by atoms with E-state index in [0.717, 1.165) is 18.2 Å². The van der Waals surface area contributed by atoms with Crippen molar-refractivity contribution in [2.24, 2.45) is 0 Å². The van der Waals surface area contributed by atoms with Crippen LogP contribution in [0.25, 0.3) is 0 Å². The van der Waals surface area contributed by atoms with Gasteiger partial charge in [-0.3, -0.25) is 0 Å². The summed E-state index contributed by atoms with van der Waals surface area (Å²) in [5.41, 5.74) is 6.30. The lowest BCUT2D eigenvalue weighted by Crippen LogP contribution is -2.06. The SMILES string of the molecule is Cc1ccc(C(F)(F)F)cc1Nc1cc(F)c(I)cc1N. The highest BCUT2D eigenvalue weighted by Crippen LogP contribution is 2.34. The highest BCUT2D eigenvalue weighted by atomic mass is 127. The maximum absolute atomic E-state index is 13.5. The van der Waals surface area contributed by atoms with Crippen molar-refractivity contribution in [3.63, 3.8) is 0 Å². The molecule has 0 atom stereocenters. The van der Waals surface area contributed by atoms with Crippen LogP contribution in [0.3, 0.4) is 0 Å². The van der Waals surface area contributed by atoms with E-state index in [1.165, 1.54) is 12.1 Å². The lowest BCUT2D eigenvalue weighted by molar-refractivity contribution is -0.137. The quantitative estimate of drug-likeness (QED) is 0.412. The molecule has 7 heteroatoms. The molecule has 0 unspecified atom stereocenters. The largest absolute Gasteiger partial charge is 0.416 e. The lowest BCUT2D eigenvalue weighted by atomic mass is 10.1. The number of hydrogen-bond donors (Lipinski definition) is 2. The number of aryl methyl sites for hydroxylation is 1. The Kier molecular flexibility index (Phi) is 4.31. The molecule has 0 bridgehead atoms. The third-order valence-corrected chi connectivity index (χ3v) is 3.75. The van der Waals surface area contributed by atoms with Gasteiger partial charge in [-0.05, 0) is 53.3 Å². The summed E-state index contributed by atoms with van der Waals surface area (Å²) in [6.45, 7) is 1.65. The zero-order valence-electron chi connectivity index (χ0n) is 10.9. The van der Waals surface area contributed by atoms with Crippen molar-refractivity contribution in [2.75, 3.05) is 11.1 Å². The number of nitrogens with two attached hydrogens (primary N) is 1. The maximum atomic E-state index is 13.5. The van der Waals surface area contributed by atoms with Crippen LogP contribution in [0.15, 0.2) is 30.3 Å². The van der Waals surface area contributed by atoms with Crippen LogP contribution in [0.1, 0.15) is 11.1 Å². The third kappa shape index (κ3) is 3.58. The molecule has 2 aromatic rings. The van der Waals surface area contributed by atoms with Crippen molar-refractivity contribution >= 4 is 39.7 Å². The molecule has 112 valence electrons. The Morgan fingerprint density at radius 1 is 1.10 bits per heavy atom. The highest BCUT2D eigenvalue weighted by Gasteiger charge is 2.30. The predicted molar refractivity (Wildman–Crippen MR) is 83.0 cm³/mol. The Morgan fingerprint density at radius 3 is 2.38 bits per heavy atom. The Hall–Kier alpha value is -1.51. The van der Waals surface area contributed by atoms with E-state index in [1.54, 1.807) is 29.5 Å². The Bertz CT molecular complexity index is 683. The van der Waals surface area contributed by atoms with Crippen molar-refractivity contribution < 1.29 is 17.6 Å². The first-order valence-electron chi connectivity index (χ1n) is 5.88. The molecule has 0 saturated carbocycles. The highest BCUT2D eigenvalue weighted by molar-refractivity contribution is 14.1. The summed E-state index contributed by atoms with van der Waals surface area (Å²) in [5, 5.41) is 2.75. The fourth-order valence-corrected chi connectivity index (χ4v) is 2.24. The number of hydrogen-bond acceptors (Lipinski definition) is 2. The molecule has 0 aromatic heterocycles. The van der Waals surface area contributed by atoms with E-state index in [9.17, 15) is 17.6 Å². The lowest BCUT2D eigenvalue weighted by Gasteiger charge is -2.15. The minimum atomic E-state index is -4.44. The predicted octanol–water partition coefficient (Wildman–Crippen LogP) is 5.08. The van der Waals surface area contributed by atoms with Gasteiger partial charge in [0.1, 0.15) is 5.82 Å². The zero-order chi connectivity index (χ0) is 15.8. The van der Waals surface area contributed by atoms with Crippen LogP contribution in [0, 0.1) is 16.3 Å². The van der Waals surface area contributed by atoms with Gasteiger partial charge in [-0.2, -0.15) is 13.2 Å². The van der Waals surface area contributed by atoms with Gasteiger partial charge in [0, 0.05) is 11.8 Å². The number of benzene rings is 2. The van der Waals surface area contributed by atoms with E-state index in [2.05, 4.69) is 5.32 Å². The molecular formula is C14H11F4IN2. The van der Waals surface area contributed by atoms with E-state index in [4.69, 9.17) is 5.73 Å². The summed E-state index contributed by atoms with van der Waals surface area (Å²) in [5.74, 6) is -0.489. The molecule has 3 N–H and O–H groups in total. The second kappa shape index (κ2) is 5.70. The van der Waals surface area contributed by atoms with Gasteiger partial charge in [0.25, 0.3) is 0 Å². The first-order chi connectivity index (χ1) is 9.68. The molecule has 0 radical (unpaired) electrons. The second-order valence-electron chi connectivity index (χ2n) is 4.51. The zero-order valence-corrected chi connectivity index (χ0v) is 13.0. The second-order valence-corrected chi connectivity index (χ2v) is 5.67. The van der Waals surface area contributed by atoms with Crippen molar-refractivity contribution in [3.05, 3.63) is 50.8 Å². The number of anilines is 3. The first-order valence-corrected chi connectivity index (χ1v) is 6.96. The van der Waals surface area contributed by atoms with Crippen LogP contribution in [-0.4, -0.2) is 0 Å². The van der Waals surface area contributed by atoms with Crippen molar-refractivity contribution in [2.45, 2.75) is 13.1 Å². The standard InChI is InChI=1S/C14H11F4IN2/c1-7-2-3-8(14(16,17)18)4-12(7)21-13-5-9(15)10(19)6-11(13)20/h2-6,21H,20H2,1H3. The van der Waals surface area contributed by atoms with Crippen LogP contribution < -0.4 is 11.1 Å². The molecule has 0 aliphatic carbocycles. The van der Waals surface area contributed by atoms with Crippen LogP contribution in [0.2, 0.25) is 0 Å². The van der Waals surface area contributed by atoms with Crippen molar-refractivity contribution in [1.82, 2.24) is 0 Å². The Morgan fingerprint density at radius 2 is 1.76 bits per heavy atom. The number of rotatable bonds is 2. The van der Waals surface area contributed by atoms with Gasteiger partial charge in [-0.25, -0.2) is 4.39 Å². The van der Waals surface area contributed by atoms with Crippen LogP contribution in [0.5, 0.6) is 0 Å². The number of nitrogens with one attached hydrogen (secondary N) is 1. The van der Waals surface area contributed by atoms with Crippen molar-refractivity contribution in [1.29, 1.82) is 0 Å². The minimum absolute atomic E-state index is 0.232. The summed E-state index contributed by atoms with van der Waals surface area (Å²) in [6.07, 6.45) is -4.44. The monoisotopic (exact) mass is 410 g/mol. The summed E-state index contributed by atoms with van der Waals surface area (Å²) in [6, 6.07) is 5.91. The summed E-state index contributed by atoms with van der Waals surface area (Å²) < 4.78 is 52.1. The molecule has 0 aliphatic rings. The fraction of sp³-hybridized carbons (Fsp3) is 0.143. The fourth-order valence-electron chi connectivity index (χ4n) is 1.75. The van der Waals surface area contributed by atoms with Gasteiger partial charge in [-0.1, -0.05) is 6.07 Å². The molecule has 2 rings (SSSR count). The van der Waals surface area contributed by atoms with Gasteiger partial charge >= 0.3 is 6.18 Å². The van der Waals surface area contributed by atoms with Gasteiger partial charge < -0.3 is 11.1 Å². The molecule has 0 spiro atoms. The number of halogens is 5. The van der Waals surface area contributed by atoms with Gasteiger partial charge in [0.05, 0.1) is 20.5 Å². The average Bonchev–Trinajstić information content (AvgIpc) is 2.37. The molecule has 0 aliphatic heterocycles. The Balaban J connectivity index is 2.42. The van der Waals surface area contributed by atoms with Crippen LogP contribution >= 0.6 is 22.6 Å². The van der Waals surface area contributed by atoms with E-state index in [-0.39, 0.29) is 17.1 Å². The number of nitrogen functional groups attached to an aromatic ring is 1. The van der Waals surface area contributed by atoms with Gasteiger partial charge in [0.15, 0.2) is 0 Å². The molecule has 0 heterocycles. The molecule has 2 aromatic carbocycles. The maximum Gasteiger partial charge on any atom is 0.416 e. The minimum Gasteiger partial charge on any atom is -0.397 e. The molecule has 0 saturated heterocycles. The van der Waals surface area contributed by atoms with Gasteiger partial charge in [0.2, 0.25) is 0 Å². The van der Waals surface area contributed by atoms with Gasteiger partial charge in [-0.15, -0.1) is 0 Å². The normalized spacial score (nSPS) is 11.5. The first kappa shape index (κ1) is 15.9. The van der Waals surface area contributed by atoms with E-state index in [1.807, 2.05) is 0 Å². The summed E-state index contributed by atoms with van der Waals surface area (Å²) in [4.78, 5) is 0. The molecule has 2 nitrogen and oxygen atoms in total. The van der Waals surface area contributed by atoms with Crippen LogP contribution in [0.4, 0.5) is 34.6 Å². The molecular weight excluding hydrogens is 399 g/mol. The third-order valence-electron chi connectivity index (χ3n) is 2.93. The van der Waals surface area contributed by atoms with E-state index >= 15 is 0 Å². The summed E-state index contributed by atoms with van der Waals surface area (Å²) >= 11 is 1.79.